The number of carboxylic acid groups (broad SMARTS) is 3. The molecule has 0 atom stereocenters. The molecule has 8 heteroatoms. The fourth-order valence-electron chi connectivity index (χ4n) is 4.48. The minimum Gasteiger partial charge on any atom is -0.478 e. The van der Waals surface area contributed by atoms with Crippen LogP contribution in [0, 0.1) is 0 Å². The van der Waals surface area contributed by atoms with Crippen LogP contribution in [0.25, 0.3) is 10.8 Å². The van der Waals surface area contributed by atoms with Gasteiger partial charge in [0.1, 0.15) is 0 Å². The maximum absolute atomic E-state index is 12.9. The van der Waals surface area contributed by atoms with Crippen molar-refractivity contribution in [2.45, 2.75) is 84.0 Å². The largest absolute Gasteiger partial charge is 0.478 e. The number of hydrogen-bond donors (Lipinski definition) is 4. The number of benzene rings is 2. The third-order valence-corrected chi connectivity index (χ3v) is 6.41. The Kier molecular flexibility index (Phi) is 11.9. The molecule has 0 fully saturated rings. The third kappa shape index (κ3) is 8.07. The van der Waals surface area contributed by atoms with E-state index in [-0.39, 0.29) is 33.0 Å². The van der Waals surface area contributed by atoms with Crippen LogP contribution in [0.2, 0.25) is 0 Å². The molecule has 0 heterocycles. The molecule has 2 aromatic carbocycles. The molecule has 4 N–H and O–H groups in total. The van der Waals surface area contributed by atoms with E-state index in [0.29, 0.717) is 6.54 Å². The molecule has 0 saturated heterocycles. The minimum atomic E-state index is -1.41. The van der Waals surface area contributed by atoms with Crippen LogP contribution in [0.1, 0.15) is 125 Å². The van der Waals surface area contributed by atoms with Crippen LogP contribution in [-0.4, -0.2) is 45.7 Å². The van der Waals surface area contributed by atoms with Crippen molar-refractivity contribution in [1.82, 2.24) is 5.32 Å². The Balaban J connectivity index is 1.96. The van der Waals surface area contributed by atoms with Crippen molar-refractivity contribution in [3.63, 3.8) is 0 Å². The average Bonchev–Trinajstić information content (AvgIpc) is 2.84. The molecule has 0 aliphatic heterocycles. The van der Waals surface area contributed by atoms with Crippen molar-refractivity contribution < 1.29 is 34.5 Å². The second-order valence-corrected chi connectivity index (χ2v) is 9.13. The standard InChI is InChI=1S/C28H37NO7/c1-2-3-4-5-6-7-8-9-10-11-12-13-18-29-25(30)19-14-15-21(27(33)34)24-22(28(35)36)17-16-20(23(19)24)26(31)32/h14-17H,2-13,18H2,1H3,(H,29,30)(H,31,32)(H,33,34)(H,35,36). The molecule has 36 heavy (non-hydrogen) atoms. The molecule has 0 saturated carbocycles. The first-order valence-corrected chi connectivity index (χ1v) is 12.9. The van der Waals surface area contributed by atoms with Crippen molar-refractivity contribution in [3.05, 3.63) is 46.5 Å². The van der Waals surface area contributed by atoms with Gasteiger partial charge in [0.25, 0.3) is 5.91 Å². The zero-order valence-corrected chi connectivity index (χ0v) is 21.0. The van der Waals surface area contributed by atoms with Gasteiger partial charge in [0.05, 0.1) is 16.7 Å². The first-order chi connectivity index (χ1) is 17.3. The summed E-state index contributed by atoms with van der Waals surface area (Å²) in [4.78, 5) is 48.1. The topological polar surface area (TPSA) is 141 Å². The highest BCUT2D eigenvalue weighted by Gasteiger charge is 2.25. The van der Waals surface area contributed by atoms with Crippen molar-refractivity contribution in [3.8, 4) is 0 Å². The summed E-state index contributed by atoms with van der Waals surface area (Å²) < 4.78 is 0. The Labute approximate surface area is 211 Å². The zero-order chi connectivity index (χ0) is 26.5. The number of carbonyl (C=O) groups is 4. The Morgan fingerprint density at radius 2 is 0.889 bits per heavy atom. The molecule has 1 amide bonds. The molecule has 2 aromatic rings. The molecule has 0 aromatic heterocycles. The van der Waals surface area contributed by atoms with Crippen LogP contribution in [0.4, 0.5) is 0 Å². The summed E-state index contributed by atoms with van der Waals surface area (Å²) >= 11 is 0. The third-order valence-electron chi connectivity index (χ3n) is 6.41. The Bertz CT molecular complexity index is 1060. The zero-order valence-electron chi connectivity index (χ0n) is 21.0. The van der Waals surface area contributed by atoms with Gasteiger partial charge in [0.2, 0.25) is 0 Å². The molecule has 0 unspecified atom stereocenters. The fourth-order valence-corrected chi connectivity index (χ4v) is 4.48. The Morgan fingerprint density at radius 1 is 0.556 bits per heavy atom. The number of aromatic carboxylic acids is 3. The van der Waals surface area contributed by atoms with Crippen molar-refractivity contribution in [2.75, 3.05) is 6.54 Å². The second-order valence-electron chi connectivity index (χ2n) is 9.13. The van der Waals surface area contributed by atoms with Crippen molar-refractivity contribution in [2.24, 2.45) is 0 Å². The highest BCUT2D eigenvalue weighted by atomic mass is 16.4. The lowest BCUT2D eigenvalue weighted by atomic mass is 9.91. The maximum atomic E-state index is 12.9. The summed E-state index contributed by atoms with van der Waals surface area (Å²) in [6, 6.07) is 4.51. The van der Waals surface area contributed by atoms with E-state index in [4.69, 9.17) is 0 Å². The van der Waals surface area contributed by atoms with E-state index in [9.17, 15) is 34.5 Å². The summed E-state index contributed by atoms with van der Waals surface area (Å²) in [6.07, 6.45) is 14.3. The highest BCUT2D eigenvalue weighted by molar-refractivity contribution is 6.22. The van der Waals surface area contributed by atoms with E-state index in [1.165, 1.54) is 57.4 Å². The van der Waals surface area contributed by atoms with E-state index >= 15 is 0 Å². The summed E-state index contributed by atoms with van der Waals surface area (Å²) in [5, 5.41) is 31.0. The molecule has 2 rings (SSSR count). The predicted molar refractivity (Wildman–Crippen MR) is 138 cm³/mol. The number of amides is 1. The van der Waals surface area contributed by atoms with E-state index in [1.807, 2.05) is 0 Å². The SMILES string of the molecule is CCCCCCCCCCCCCCNC(=O)c1ccc(C(=O)O)c2c(C(=O)O)ccc(C(=O)O)c12. The van der Waals surface area contributed by atoms with Crippen molar-refractivity contribution in [1.29, 1.82) is 0 Å². The van der Waals surface area contributed by atoms with Crippen LogP contribution < -0.4 is 5.32 Å². The van der Waals surface area contributed by atoms with E-state index in [0.717, 1.165) is 43.9 Å². The monoisotopic (exact) mass is 499 g/mol. The molecule has 196 valence electrons. The quantitative estimate of drug-likeness (QED) is 0.185. The number of carbonyl (C=O) groups excluding carboxylic acids is 1. The molecule has 0 spiro atoms. The summed E-state index contributed by atoms with van der Waals surface area (Å²) in [5.41, 5.74) is -1.13. The van der Waals surface area contributed by atoms with Crippen LogP contribution in [0.5, 0.6) is 0 Å². The molecule has 8 nitrogen and oxygen atoms in total. The van der Waals surface area contributed by atoms with Gasteiger partial charge in [-0.2, -0.15) is 0 Å². The normalized spacial score (nSPS) is 10.9. The first-order valence-electron chi connectivity index (χ1n) is 12.9. The van der Waals surface area contributed by atoms with Gasteiger partial charge in [-0.05, 0) is 30.7 Å². The number of rotatable bonds is 17. The second kappa shape index (κ2) is 14.9. The molecular formula is C28H37NO7. The van der Waals surface area contributed by atoms with Gasteiger partial charge in [-0.15, -0.1) is 0 Å². The van der Waals surface area contributed by atoms with Crippen LogP contribution >= 0.6 is 0 Å². The van der Waals surface area contributed by atoms with Crippen molar-refractivity contribution >= 4 is 34.6 Å². The van der Waals surface area contributed by atoms with Crippen LogP contribution in [0.3, 0.4) is 0 Å². The lowest BCUT2D eigenvalue weighted by Gasteiger charge is -2.14. The van der Waals surface area contributed by atoms with Gasteiger partial charge < -0.3 is 20.6 Å². The summed E-state index contributed by atoms with van der Waals surface area (Å²) in [6.45, 7) is 2.61. The average molecular weight is 500 g/mol. The molecular weight excluding hydrogens is 462 g/mol. The summed E-state index contributed by atoms with van der Waals surface area (Å²) in [5.74, 6) is -4.76. The van der Waals surface area contributed by atoms with Gasteiger partial charge >= 0.3 is 17.9 Å². The molecule has 0 aliphatic rings. The minimum absolute atomic E-state index is 0.0607. The lowest BCUT2D eigenvalue weighted by Crippen LogP contribution is -2.25. The Morgan fingerprint density at radius 3 is 1.28 bits per heavy atom. The number of fused-ring (bicyclic) bond motifs is 1. The molecule has 0 aliphatic carbocycles. The van der Waals surface area contributed by atoms with E-state index in [1.54, 1.807) is 0 Å². The maximum Gasteiger partial charge on any atom is 0.336 e. The predicted octanol–water partition coefficient (Wildman–Crippen LogP) is 6.37. The fraction of sp³-hybridized carbons (Fsp3) is 0.500. The highest BCUT2D eigenvalue weighted by Crippen LogP contribution is 2.30. The molecule has 0 radical (unpaired) electrons. The van der Waals surface area contributed by atoms with Crippen LogP contribution in [-0.2, 0) is 0 Å². The van der Waals surface area contributed by atoms with Gasteiger partial charge in [0, 0.05) is 22.9 Å². The number of unbranched alkanes of at least 4 members (excludes halogenated alkanes) is 11. The number of carboxylic acids is 3. The van der Waals surface area contributed by atoms with Crippen LogP contribution in [0.15, 0.2) is 24.3 Å². The smallest absolute Gasteiger partial charge is 0.336 e. The van der Waals surface area contributed by atoms with Gasteiger partial charge in [-0.25, -0.2) is 14.4 Å². The van der Waals surface area contributed by atoms with E-state index in [2.05, 4.69) is 12.2 Å². The summed E-state index contributed by atoms with van der Waals surface area (Å²) in [7, 11) is 0. The van der Waals surface area contributed by atoms with E-state index < -0.39 is 23.8 Å². The number of hydrogen-bond acceptors (Lipinski definition) is 4. The van der Waals surface area contributed by atoms with Gasteiger partial charge in [0.15, 0.2) is 0 Å². The van der Waals surface area contributed by atoms with Gasteiger partial charge in [-0.3, -0.25) is 4.79 Å². The lowest BCUT2D eigenvalue weighted by molar-refractivity contribution is 0.0681. The Hall–Kier alpha value is -3.42. The molecule has 0 bridgehead atoms. The van der Waals surface area contributed by atoms with Gasteiger partial charge in [-0.1, -0.05) is 77.6 Å². The number of nitrogens with one attached hydrogen (secondary N) is 1. The first kappa shape index (κ1) is 28.8.